The Morgan fingerprint density at radius 2 is 2.12 bits per heavy atom. The Bertz CT molecular complexity index is 456. The highest BCUT2D eigenvalue weighted by atomic mass is 35.5. The van der Waals surface area contributed by atoms with Gasteiger partial charge in [0.05, 0.1) is 16.8 Å². The molecule has 0 atom stereocenters. The van der Waals surface area contributed by atoms with Gasteiger partial charge in [0.1, 0.15) is 0 Å². The van der Waals surface area contributed by atoms with Crippen LogP contribution in [0, 0.1) is 5.41 Å². The zero-order chi connectivity index (χ0) is 13.1. The van der Waals surface area contributed by atoms with E-state index in [-0.39, 0.29) is 10.6 Å². The van der Waals surface area contributed by atoms with E-state index in [2.05, 4.69) is 10.5 Å². The highest BCUT2D eigenvalue weighted by Crippen LogP contribution is 2.34. The number of alkyl halides is 3. The van der Waals surface area contributed by atoms with Gasteiger partial charge in [0.15, 0.2) is 0 Å². The summed E-state index contributed by atoms with van der Waals surface area (Å²) in [7, 11) is 0. The summed E-state index contributed by atoms with van der Waals surface area (Å²) in [5, 5.41) is 9.87. The summed E-state index contributed by atoms with van der Waals surface area (Å²) in [5.41, 5.74) is 6.27. The van der Waals surface area contributed by atoms with E-state index in [9.17, 15) is 13.2 Å². The van der Waals surface area contributed by atoms with E-state index in [0.29, 0.717) is 0 Å². The topological polar surface area (TPSA) is 74.3 Å². The molecule has 0 saturated heterocycles. The first kappa shape index (κ1) is 13.3. The first-order valence-electron chi connectivity index (χ1n) is 4.30. The molecule has 17 heavy (non-hydrogen) atoms. The number of hydrogen-bond donors (Lipinski definition) is 3. The van der Waals surface area contributed by atoms with Crippen LogP contribution in [0.1, 0.15) is 11.1 Å². The molecule has 1 rings (SSSR count). The molecule has 0 aliphatic carbocycles. The fraction of sp³-hybridized carbons (Fsp3) is 0.111. The Morgan fingerprint density at radius 3 is 2.65 bits per heavy atom. The van der Waals surface area contributed by atoms with Crippen LogP contribution in [0.25, 0.3) is 0 Å². The van der Waals surface area contributed by atoms with Gasteiger partial charge < -0.3 is 5.73 Å². The molecule has 8 heteroatoms. The van der Waals surface area contributed by atoms with Gasteiger partial charge >= 0.3 is 6.18 Å². The maximum absolute atomic E-state index is 12.5. The van der Waals surface area contributed by atoms with Gasteiger partial charge in [-0.1, -0.05) is 17.7 Å². The zero-order valence-electron chi connectivity index (χ0n) is 8.35. The van der Waals surface area contributed by atoms with Gasteiger partial charge in [0, 0.05) is 0 Å². The van der Waals surface area contributed by atoms with Crippen molar-refractivity contribution in [2.75, 3.05) is 0 Å². The molecule has 0 aliphatic rings. The molecule has 0 aromatic heterocycles. The van der Waals surface area contributed by atoms with Crippen LogP contribution in [0.5, 0.6) is 0 Å². The average molecular weight is 265 g/mol. The van der Waals surface area contributed by atoms with E-state index in [4.69, 9.17) is 22.7 Å². The third-order valence-corrected chi connectivity index (χ3v) is 2.02. The third kappa shape index (κ3) is 3.95. The summed E-state index contributed by atoms with van der Waals surface area (Å²) >= 11 is 5.43. The molecular formula is C9H8ClF3N4. The van der Waals surface area contributed by atoms with Gasteiger partial charge in [-0.05, 0) is 17.7 Å². The van der Waals surface area contributed by atoms with Gasteiger partial charge in [0.2, 0.25) is 5.96 Å². The zero-order valence-corrected chi connectivity index (χ0v) is 9.10. The van der Waals surface area contributed by atoms with Crippen LogP contribution < -0.4 is 11.2 Å². The molecule has 0 unspecified atom stereocenters. The van der Waals surface area contributed by atoms with Crippen molar-refractivity contribution in [3.63, 3.8) is 0 Å². The fourth-order valence-electron chi connectivity index (χ4n) is 1.02. The van der Waals surface area contributed by atoms with E-state index in [1.165, 1.54) is 6.07 Å². The number of nitrogens with zero attached hydrogens (tertiary/aromatic N) is 1. The number of hydrazone groups is 1. The first-order valence-corrected chi connectivity index (χ1v) is 4.68. The Morgan fingerprint density at radius 1 is 1.47 bits per heavy atom. The van der Waals surface area contributed by atoms with Crippen LogP contribution in [0.3, 0.4) is 0 Å². The second kappa shape index (κ2) is 5.05. The summed E-state index contributed by atoms with van der Waals surface area (Å²) in [6.07, 6.45) is -3.41. The maximum atomic E-state index is 12.5. The van der Waals surface area contributed by atoms with Gasteiger partial charge in [-0.3, -0.25) is 5.41 Å². The molecule has 0 saturated carbocycles. The molecule has 0 amide bonds. The van der Waals surface area contributed by atoms with Crippen molar-refractivity contribution in [3.8, 4) is 0 Å². The Balaban J connectivity index is 2.97. The van der Waals surface area contributed by atoms with Crippen molar-refractivity contribution in [2.24, 2.45) is 10.8 Å². The summed E-state index contributed by atoms with van der Waals surface area (Å²) in [6.45, 7) is 0. The minimum Gasteiger partial charge on any atom is -0.369 e. The molecule has 0 aliphatic heterocycles. The lowest BCUT2D eigenvalue weighted by Crippen LogP contribution is -2.25. The van der Waals surface area contributed by atoms with Gasteiger partial charge in [0.25, 0.3) is 0 Å². The fourth-order valence-corrected chi connectivity index (χ4v) is 1.24. The highest BCUT2D eigenvalue weighted by Gasteiger charge is 2.33. The van der Waals surface area contributed by atoms with E-state index < -0.39 is 17.7 Å². The molecule has 0 fully saturated rings. The smallest absolute Gasteiger partial charge is 0.369 e. The Kier molecular flexibility index (Phi) is 3.95. The first-order chi connectivity index (χ1) is 7.80. The number of benzene rings is 1. The van der Waals surface area contributed by atoms with Crippen LogP contribution >= 0.6 is 11.6 Å². The normalized spacial score (nSPS) is 11.8. The molecule has 4 nitrogen and oxygen atoms in total. The monoisotopic (exact) mass is 264 g/mol. The standard InChI is InChI=1S/C9H8ClF3N4/c10-7-2-1-5(4-16-17-8(14)15)3-6(7)9(11,12)13/h1-4H,(H4,14,15,17). The van der Waals surface area contributed by atoms with Crippen molar-refractivity contribution >= 4 is 23.8 Å². The highest BCUT2D eigenvalue weighted by molar-refractivity contribution is 6.31. The van der Waals surface area contributed by atoms with Crippen LogP contribution in [0.15, 0.2) is 23.3 Å². The van der Waals surface area contributed by atoms with Crippen LogP contribution in [0.2, 0.25) is 5.02 Å². The maximum Gasteiger partial charge on any atom is 0.417 e. The van der Waals surface area contributed by atoms with E-state index in [1.807, 2.05) is 0 Å². The Hall–Kier alpha value is -1.76. The number of rotatable bonds is 2. The lowest BCUT2D eigenvalue weighted by atomic mass is 10.1. The molecule has 4 N–H and O–H groups in total. The number of guanidine groups is 1. The molecule has 1 aromatic rings. The van der Waals surface area contributed by atoms with Crippen molar-refractivity contribution in [1.82, 2.24) is 5.43 Å². The van der Waals surface area contributed by atoms with Crippen LogP contribution in [-0.4, -0.2) is 12.2 Å². The Labute approximate surface area is 99.8 Å². The molecule has 92 valence electrons. The molecule has 1 aromatic carbocycles. The molecule has 0 bridgehead atoms. The largest absolute Gasteiger partial charge is 0.417 e. The second-order valence-corrected chi connectivity index (χ2v) is 3.43. The SMILES string of the molecule is N=C(N)NN=Cc1ccc(Cl)c(C(F)(F)F)c1. The number of nitrogens with one attached hydrogen (secondary N) is 2. The molecule has 0 radical (unpaired) electrons. The number of hydrogen-bond acceptors (Lipinski definition) is 2. The van der Waals surface area contributed by atoms with E-state index in [0.717, 1.165) is 18.3 Å². The molecule has 0 spiro atoms. The quantitative estimate of drug-likeness (QED) is 0.435. The summed E-state index contributed by atoms with van der Waals surface area (Å²) in [5.74, 6) is -0.411. The lowest BCUT2D eigenvalue weighted by molar-refractivity contribution is -0.137. The molecule has 0 heterocycles. The predicted molar refractivity (Wildman–Crippen MR) is 59.1 cm³/mol. The summed E-state index contributed by atoms with van der Waals surface area (Å²) < 4.78 is 37.4. The summed E-state index contributed by atoms with van der Waals surface area (Å²) in [6, 6.07) is 3.34. The van der Waals surface area contributed by atoms with Crippen molar-refractivity contribution in [3.05, 3.63) is 34.3 Å². The minimum absolute atomic E-state index is 0.190. The van der Waals surface area contributed by atoms with Gasteiger partial charge in [-0.15, -0.1) is 0 Å². The third-order valence-electron chi connectivity index (χ3n) is 1.69. The number of halogens is 4. The van der Waals surface area contributed by atoms with Crippen molar-refractivity contribution < 1.29 is 13.2 Å². The van der Waals surface area contributed by atoms with Gasteiger partial charge in [-0.25, -0.2) is 5.43 Å². The van der Waals surface area contributed by atoms with Crippen molar-refractivity contribution in [1.29, 1.82) is 5.41 Å². The second-order valence-electron chi connectivity index (χ2n) is 3.02. The van der Waals surface area contributed by atoms with Crippen molar-refractivity contribution in [2.45, 2.75) is 6.18 Å². The van der Waals surface area contributed by atoms with E-state index >= 15 is 0 Å². The average Bonchev–Trinajstić information content (AvgIpc) is 2.18. The van der Waals surface area contributed by atoms with Crippen LogP contribution in [0.4, 0.5) is 13.2 Å². The van der Waals surface area contributed by atoms with Gasteiger partial charge in [-0.2, -0.15) is 18.3 Å². The predicted octanol–water partition coefficient (Wildman–Crippen LogP) is 2.18. The number of nitrogens with two attached hydrogens (primary N) is 1. The summed E-state index contributed by atoms with van der Waals surface area (Å²) in [4.78, 5) is 0. The minimum atomic E-state index is -4.52. The lowest BCUT2D eigenvalue weighted by Gasteiger charge is -2.09. The van der Waals surface area contributed by atoms with Crippen LogP contribution in [-0.2, 0) is 6.18 Å². The molecular weight excluding hydrogens is 257 g/mol. The van der Waals surface area contributed by atoms with E-state index in [1.54, 1.807) is 0 Å².